The van der Waals surface area contributed by atoms with Crippen molar-refractivity contribution in [2.24, 2.45) is 5.16 Å². The summed E-state index contributed by atoms with van der Waals surface area (Å²) < 4.78 is 5.35. The van der Waals surface area contributed by atoms with Gasteiger partial charge >= 0.3 is 0 Å². The van der Waals surface area contributed by atoms with Gasteiger partial charge in [-0.3, -0.25) is 0 Å². The Morgan fingerprint density at radius 1 is 1.35 bits per heavy atom. The normalized spacial score (nSPS) is 11.5. The van der Waals surface area contributed by atoms with E-state index in [9.17, 15) is 5.11 Å². The lowest BCUT2D eigenvalue weighted by Crippen LogP contribution is -2.02. The molecule has 0 aliphatic carbocycles. The zero-order valence-electron chi connectivity index (χ0n) is 10.3. The summed E-state index contributed by atoms with van der Waals surface area (Å²) >= 11 is 0. The largest absolute Gasteiger partial charge is 0.507 e. The molecule has 0 amide bonds. The van der Waals surface area contributed by atoms with Crippen molar-refractivity contribution in [1.29, 1.82) is 0 Å². The molecule has 1 aromatic carbocycles. The standard InChI is InChI=1S/C13H19NO3/c1-3-5-6-12(14-16)11-9-10(17-4-2)7-8-13(11)15/h7-9,15-16H,3-6H2,1-2H3/b14-12-. The Bertz CT molecular complexity index is 388. The van der Waals surface area contributed by atoms with Gasteiger partial charge in [-0.25, -0.2) is 0 Å². The summed E-state index contributed by atoms with van der Waals surface area (Å²) in [5.41, 5.74) is 1.03. The Kier molecular flexibility index (Phi) is 5.33. The van der Waals surface area contributed by atoms with E-state index >= 15 is 0 Å². The van der Waals surface area contributed by atoms with Crippen molar-refractivity contribution >= 4 is 5.71 Å². The lowest BCUT2D eigenvalue weighted by Gasteiger charge is -2.09. The molecule has 0 fully saturated rings. The van der Waals surface area contributed by atoms with Gasteiger partial charge in [0.1, 0.15) is 11.5 Å². The maximum atomic E-state index is 9.76. The van der Waals surface area contributed by atoms with Crippen LogP contribution in [0, 0.1) is 0 Å². The number of unbranched alkanes of at least 4 members (excludes halogenated alkanes) is 1. The van der Waals surface area contributed by atoms with Crippen molar-refractivity contribution in [2.75, 3.05) is 6.61 Å². The maximum absolute atomic E-state index is 9.76. The Balaban J connectivity index is 2.96. The van der Waals surface area contributed by atoms with Crippen molar-refractivity contribution in [3.63, 3.8) is 0 Å². The quantitative estimate of drug-likeness (QED) is 0.454. The Morgan fingerprint density at radius 3 is 2.71 bits per heavy atom. The van der Waals surface area contributed by atoms with Gasteiger partial charge in [-0.15, -0.1) is 0 Å². The lowest BCUT2D eigenvalue weighted by molar-refractivity contribution is 0.317. The topological polar surface area (TPSA) is 62.1 Å². The average Bonchev–Trinajstić information content (AvgIpc) is 2.34. The molecule has 0 heterocycles. The Hall–Kier alpha value is -1.71. The highest BCUT2D eigenvalue weighted by molar-refractivity contribution is 6.02. The fourth-order valence-corrected chi connectivity index (χ4v) is 1.59. The third-order valence-electron chi connectivity index (χ3n) is 2.48. The van der Waals surface area contributed by atoms with Crippen LogP contribution < -0.4 is 4.74 Å². The molecule has 17 heavy (non-hydrogen) atoms. The highest BCUT2D eigenvalue weighted by Crippen LogP contribution is 2.25. The molecular formula is C13H19NO3. The fraction of sp³-hybridized carbons (Fsp3) is 0.462. The minimum atomic E-state index is 0.109. The van der Waals surface area contributed by atoms with E-state index in [1.54, 1.807) is 18.2 Å². The van der Waals surface area contributed by atoms with Gasteiger partial charge in [0.05, 0.1) is 12.3 Å². The van der Waals surface area contributed by atoms with Crippen LogP contribution in [-0.2, 0) is 0 Å². The molecule has 0 aromatic heterocycles. The molecule has 0 spiro atoms. The second kappa shape index (κ2) is 6.78. The monoisotopic (exact) mass is 237 g/mol. The van der Waals surface area contributed by atoms with Gasteiger partial charge in [-0.2, -0.15) is 0 Å². The van der Waals surface area contributed by atoms with E-state index in [0.29, 0.717) is 30.1 Å². The zero-order valence-corrected chi connectivity index (χ0v) is 10.3. The molecule has 1 rings (SSSR count). The third kappa shape index (κ3) is 3.66. The number of aromatic hydroxyl groups is 1. The van der Waals surface area contributed by atoms with E-state index in [1.165, 1.54) is 0 Å². The summed E-state index contributed by atoms with van der Waals surface area (Å²) in [7, 11) is 0. The summed E-state index contributed by atoms with van der Waals surface area (Å²) in [6.07, 6.45) is 2.55. The summed E-state index contributed by atoms with van der Waals surface area (Å²) in [4.78, 5) is 0. The van der Waals surface area contributed by atoms with Gasteiger partial charge in [0, 0.05) is 5.56 Å². The van der Waals surface area contributed by atoms with Crippen LogP contribution in [0.2, 0.25) is 0 Å². The van der Waals surface area contributed by atoms with Gasteiger partial charge in [0.15, 0.2) is 0 Å². The van der Waals surface area contributed by atoms with Crippen LogP contribution >= 0.6 is 0 Å². The van der Waals surface area contributed by atoms with E-state index in [4.69, 9.17) is 9.94 Å². The van der Waals surface area contributed by atoms with Gasteiger partial charge in [0.2, 0.25) is 0 Å². The first kappa shape index (κ1) is 13.4. The molecule has 0 atom stereocenters. The number of phenolic OH excluding ortho intramolecular Hbond substituents is 1. The van der Waals surface area contributed by atoms with Crippen molar-refractivity contribution < 1.29 is 15.1 Å². The summed E-state index contributed by atoms with van der Waals surface area (Å²) in [6.45, 7) is 4.51. The lowest BCUT2D eigenvalue weighted by atomic mass is 10.0. The minimum absolute atomic E-state index is 0.109. The number of hydrogen-bond donors (Lipinski definition) is 2. The first-order chi connectivity index (χ1) is 8.22. The van der Waals surface area contributed by atoms with Crippen LogP contribution in [-0.4, -0.2) is 22.6 Å². The first-order valence-corrected chi connectivity index (χ1v) is 5.90. The van der Waals surface area contributed by atoms with E-state index in [2.05, 4.69) is 12.1 Å². The van der Waals surface area contributed by atoms with Crippen LogP contribution in [0.4, 0.5) is 0 Å². The molecule has 4 nitrogen and oxygen atoms in total. The number of benzene rings is 1. The number of nitrogens with zero attached hydrogens (tertiary/aromatic N) is 1. The molecule has 0 aliphatic heterocycles. The Labute approximate surface area is 102 Å². The summed E-state index contributed by atoms with van der Waals surface area (Å²) in [6, 6.07) is 4.94. The molecule has 2 N–H and O–H groups in total. The Morgan fingerprint density at radius 2 is 2.12 bits per heavy atom. The molecule has 0 unspecified atom stereocenters. The highest BCUT2D eigenvalue weighted by Gasteiger charge is 2.11. The SMILES string of the molecule is CCCC/C(=N/O)c1cc(OCC)ccc1O. The molecule has 0 radical (unpaired) electrons. The maximum Gasteiger partial charge on any atom is 0.125 e. The molecule has 0 saturated carbocycles. The molecule has 4 heteroatoms. The third-order valence-corrected chi connectivity index (χ3v) is 2.48. The zero-order chi connectivity index (χ0) is 12.7. The predicted molar refractivity (Wildman–Crippen MR) is 67.1 cm³/mol. The molecule has 94 valence electrons. The average molecular weight is 237 g/mol. The van der Waals surface area contributed by atoms with E-state index < -0.39 is 0 Å². The second-order valence-corrected chi connectivity index (χ2v) is 3.76. The van der Waals surface area contributed by atoms with Gasteiger partial charge in [0.25, 0.3) is 0 Å². The van der Waals surface area contributed by atoms with Gasteiger partial charge < -0.3 is 15.1 Å². The second-order valence-electron chi connectivity index (χ2n) is 3.76. The van der Waals surface area contributed by atoms with Gasteiger partial charge in [-0.1, -0.05) is 18.5 Å². The number of oxime groups is 1. The minimum Gasteiger partial charge on any atom is -0.507 e. The van der Waals surface area contributed by atoms with Crippen molar-refractivity contribution in [2.45, 2.75) is 33.1 Å². The number of rotatable bonds is 6. The van der Waals surface area contributed by atoms with E-state index in [-0.39, 0.29) is 5.75 Å². The van der Waals surface area contributed by atoms with Crippen LogP contribution in [0.1, 0.15) is 38.7 Å². The van der Waals surface area contributed by atoms with Crippen LogP contribution in [0.3, 0.4) is 0 Å². The van der Waals surface area contributed by atoms with Gasteiger partial charge in [-0.05, 0) is 38.0 Å². The molecule has 0 bridgehead atoms. The molecule has 0 saturated heterocycles. The number of phenols is 1. The molecular weight excluding hydrogens is 218 g/mol. The predicted octanol–water partition coefficient (Wildman–Crippen LogP) is 3.16. The highest BCUT2D eigenvalue weighted by atomic mass is 16.5. The van der Waals surface area contributed by atoms with Crippen molar-refractivity contribution in [3.8, 4) is 11.5 Å². The summed E-state index contributed by atoms with van der Waals surface area (Å²) in [5, 5.41) is 22.0. The first-order valence-electron chi connectivity index (χ1n) is 5.90. The van der Waals surface area contributed by atoms with Crippen LogP contribution in [0.15, 0.2) is 23.4 Å². The fourth-order valence-electron chi connectivity index (χ4n) is 1.59. The molecule has 0 aliphatic rings. The molecule has 1 aromatic rings. The summed E-state index contributed by atoms with van der Waals surface area (Å²) in [5.74, 6) is 0.773. The smallest absolute Gasteiger partial charge is 0.125 e. The number of ether oxygens (including phenoxy) is 1. The van der Waals surface area contributed by atoms with Crippen molar-refractivity contribution in [1.82, 2.24) is 0 Å². The van der Waals surface area contributed by atoms with Crippen LogP contribution in [0.25, 0.3) is 0 Å². The van der Waals surface area contributed by atoms with E-state index in [0.717, 1.165) is 12.8 Å². The number of hydrogen-bond acceptors (Lipinski definition) is 4. The van der Waals surface area contributed by atoms with Crippen LogP contribution in [0.5, 0.6) is 11.5 Å². The van der Waals surface area contributed by atoms with E-state index in [1.807, 2.05) is 6.92 Å². The van der Waals surface area contributed by atoms with Crippen molar-refractivity contribution in [3.05, 3.63) is 23.8 Å².